The summed E-state index contributed by atoms with van der Waals surface area (Å²) in [6.07, 6.45) is -6.70. The van der Waals surface area contributed by atoms with Crippen LogP contribution in [0.15, 0.2) is 30.3 Å². The van der Waals surface area contributed by atoms with E-state index in [2.05, 4.69) is 23.5 Å². The molecule has 5 saturated heterocycles. The average Bonchev–Trinajstić information content (AvgIpc) is 3.47. The van der Waals surface area contributed by atoms with Crippen LogP contribution in [0.1, 0.15) is 11.9 Å². The minimum absolute atomic E-state index is 0.141. The molecule has 166 valence electrons. The highest BCUT2D eigenvalue weighted by atomic mass is 16.8. The van der Waals surface area contributed by atoms with Crippen LogP contribution in [0.3, 0.4) is 0 Å². The van der Waals surface area contributed by atoms with Crippen LogP contribution in [0.4, 0.5) is 0 Å². The lowest BCUT2D eigenvalue weighted by atomic mass is 9.58. The van der Waals surface area contributed by atoms with Gasteiger partial charge in [-0.05, 0) is 0 Å². The Hall–Kier alpha value is -0.945. The lowest BCUT2D eigenvalue weighted by Gasteiger charge is -2.47. The van der Waals surface area contributed by atoms with Crippen molar-refractivity contribution >= 4 is 23.5 Å². The van der Waals surface area contributed by atoms with Gasteiger partial charge in [-0.3, -0.25) is 0 Å². The molecule has 6 radical (unpaired) electrons. The van der Waals surface area contributed by atoms with E-state index in [1.807, 2.05) is 30.3 Å². The molecule has 1 aromatic rings. The molecule has 32 heavy (non-hydrogen) atoms. The normalized spacial score (nSPS) is 46.5. The van der Waals surface area contributed by atoms with Crippen LogP contribution >= 0.6 is 0 Å². The fraction of sp³-hybridized carbons (Fsp3) is 0.700. The predicted octanol–water partition coefficient (Wildman–Crippen LogP) is -1.35. The maximum absolute atomic E-state index is 10.7. The van der Waals surface area contributed by atoms with E-state index in [0.717, 1.165) is 5.56 Å². The van der Waals surface area contributed by atoms with Crippen LogP contribution in [-0.4, -0.2) is 108 Å². The summed E-state index contributed by atoms with van der Waals surface area (Å²) in [6.45, 7) is 0.625. The van der Waals surface area contributed by atoms with Gasteiger partial charge in [-0.15, -0.1) is 5.62 Å². The van der Waals surface area contributed by atoms with Crippen LogP contribution in [0.5, 0.6) is 0 Å². The molecule has 1 aromatic carbocycles. The third-order valence-corrected chi connectivity index (χ3v) is 5.95. The molecule has 11 atom stereocenters. The first-order chi connectivity index (χ1) is 15.4. The topological polar surface area (TPSA) is 108 Å². The molecule has 0 amide bonds. The molecule has 9 nitrogen and oxygen atoms in total. The number of aliphatic hydroxyl groups is 2. The highest BCUT2D eigenvalue weighted by Crippen LogP contribution is 2.44. The summed E-state index contributed by atoms with van der Waals surface area (Å²) >= 11 is 0. The number of aliphatic hydroxyl groups excluding tert-OH is 2. The maximum Gasteiger partial charge on any atom is 0.187 e. The Morgan fingerprint density at radius 2 is 1.53 bits per heavy atom. The SMILES string of the molecule is OC1[C@H](O[C@@H]2C3CO[C@H](O3)C3O[C@@H]32)O[C@H]2COC(c3ccccc3)O[C@H]2[C@@H]1O.[B]C([B])[B]. The molecular formula is C20H23B3O9. The summed E-state index contributed by atoms with van der Waals surface area (Å²) in [6, 6.07) is 9.44. The van der Waals surface area contributed by atoms with Gasteiger partial charge in [0.15, 0.2) is 18.9 Å². The van der Waals surface area contributed by atoms with Crippen molar-refractivity contribution in [3.05, 3.63) is 35.9 Å². The van der Waals surface area contributed by atoms with Crippen molar-refractivity contribution in [3.63, 3.8) is 0 Å². The molecule has 5 fully saturated rings. The lowest BCUT2D eigenvalue weighted by Crippen LogP contribution is -2.63. The minimum atomic E-state index is -1.27. The number of fused-ring (bicyclic) bond motifs is 5. The number of hydrogen-bond acceptors (Lipinski definition) is 9. The van der Waals surface area contributed by atoms with Crippen molar-refractivity contribution in [1.29, 1.82) is 0 Å². The van der Waals surface area contributed by atoms with Gasteiger partial charge in [0.25, 0.3) is 0 Å². The fourth-order valence-corrected chi connectivity index (χ4v) is 4.41. The van der Waals surface area contributed by atoms with E-state index < -0.39 is 48.7 Å². The fourth-order valence-electron chi connectivity index (χ4n) is 4.41. The van der Waals surface area contributed by atoms with Gasteiger partial charge in [-0.2, -0.15) is 0 Å². The quantitative estimate of drug-likeness (QED) is 0.436. The van der Waals surface area contributed by atoms with Gasteiger partial charge in [-0.1, -0.05) is 30.3 Å². The van der Waals surface area contributed by atoms with Gasteiger partial charge in [0, 0.05) is 29.1 Å². The summed E-state index contributed by atoms with van der Waals surface area (Å²) in [7, 11) is 14.0. The average molecular weight is 440 g/mol. The van der Waals surface area contributed by atoms with Crippen LogP contribution in [0, 0.1) is 0 Å². The van der Waals surface area contributed by atoms with Gasteiger partial charge in [0.1, 0.15) is 48.8 Å². The monoisotopic (exact) mass is 440 g/mol. The molecule has 6 rings (SSSR count). The first kappa shape index (κ1) is 22.8. The van der Waals surface area contributed by atoms with E-state index in [9.17, 15) is 10.2 Å². The molecule has 5 aliphatic rings. The van der Waals surface area contributed by atoms with Crippen molar-refractivity contribution in [2.24, 2.45) is 0 Å². The largest absolute Gasteiger partial charge is 0.387 e. The van der Waals surface area contributed by atoms with Crippen molar-refractivity contribution in [2.75, 3.05) is 13.2 Å². The maximum atomic E-state index is 10.7. The van der Waals surface area contributed by atoms with E-state index in [4.69, 9.17) is 33.2 Å². The van der Waals surface area contributed by atoms with E-state index in [1.165, 1.54) is 0 Å². The molecule has 4 unspecified atom stereocenters. The number of hydrogen-bond donors (Lipinski definition) is 2. The zero-order chi connectivity index (χ0) is 22.4. The van der Waals surface area contributed by atoms with Gasteiger partial charge in [0.05, 0.1) is 13.2 Å². The summed E-state index contributed by atoms with van der Waals surface area (Å²) in [5.41, 5.74) is 0.174. The molecular weight excluding hydrogens is 417 g/mol. The second-order valence-corrected chi connectivity index (χ2v) is 8.32. The number of epoxide rings is 1. The van der Waals surface area contributed by atoms with Crippen LogP contribution < -0.4 is 0 Å². The Bertz CT molecular complexity index is 769. The highest BCUT2D eigenvalue weighted by Gasteiger charge is 2.63. The van der Waals surface area contributed by atoms with Crippen molar-refractivity contribution in [2.45, 2.75) is 73.3 Å². The van der Waals surface area contributed by atoms with E-state index in [-0.39, 0.29) is 31.2 Å². The first-order valence-electron chi connectivity index (χ1n) is 10.6. The smallest absolute Gasteiger partial charge is 0.187 e. The third kappa shape index (κ3) is 4.53. The van der Waals surface area contributed by atoms with E-state index >= 15 is 0 Å². The number of benzene rings is 1. The summed E-state index contributed by atoms with van der Waals surface area (Å²) < 4.78 is 40.4. The first-order valence-corrected chi connectivity index (χ1v) is 10.6. The van der Waals surface area contributed by atoms with Gasteiger partial charge >= 0.3 is 0 Å². The Morgan fingerprint density at radius 3 is 2.28 bits per heavy atom. The Balaban J connectivity index is 0.000000501. The molecule has 5 heterocycles. The third-order valence-electron chi connectivity index (χ3n) is 5.95. The Morgan fingerprint density at radius 1 is 0.812 bits per heavy atom. The summed E-state index contributed by atoms with van der Waals surface area (Å²) in [5, 5.41) is 21.3. The van der Waals surface area contributed by atoms with Crippen molar-refractivity contribution in [1.82, 2.24) is 0 Å². The standard InChI is InChI=1S/C19H22O9.CHB3/c20-11-12(21)18(28-14-10-7-23-19(25-10)16-15(14)26-16)24-9-6-22-17(27-13(9)11)8-4-2-1-3-5-8;2-1(3)4/h1-5,9-21H,6-7H2;1H/t9-,10?,11+,12?,13+,14+,15+,16?,17?,18-,19+;/m0./s1. The molecule has 0 aromatic heterocycles. The molecule has 5 aliphatic heterocycles. The molecule has 0 spiro atoms. The molecule has 2 bridgehead atoms. The molecule has 12 heteroatoms. The van der Waals surface area contributed by atoms with Crippen LogP contribution in [0.25, 0.3) is 0 Å². The Labute approximate surface area is 189 Å². The van der Waals surface area contributed by atoms with E-state index in [1.54, 1.807) is 0 Å². The molecule has 2 N–H and O–H groups in total. The number of rotatable bonds is 3. The highest BCUT2D eigenvalue weighted by molar-refractivity contribution is 6.54. The lowest BCUT2D eigenvalue weighted by molar-refractivity contribution is -0.369. The Kier molecular flexibility index (Phi) is 6.68. The molecule has 0 aliphatic carbocycles. The minimum Gasteiger partial charge on any atom is -0.387 e. The van der Waals surface area contributed by atoms with Gasteiger partial charge in [-0.25, -0.2) is 0 Å². The van der Waals surface area contributed by atoms with Crippen molar-refractivity contribution < 1.29 is 43.4 Å². The summed E-state index contributed by atoms with van der Waals surface area (Å²) in [4.78, 5) is 0. The zero-order valence-electron chi connectivity index (χ0n) is 17.2. The second-order valence-electron chi connectivity index (χ2n) is 8.32. The molecule has 0 saturated carbocycles. The van der Waals surface area contributed by atoms with Gasteiger partial charge in [0.2, 0.25) is 0 Å². The van der Waals surface area contributed by atoms with E-state index in [0.29, 0.717) is 6.61 Å². The summed E-state index contributed by atoms with van der Waals surface area (Å²) in [5.74, 6) is 0. The predicted molar refractivity (Wildman–Crippen MR) is 110 cm³/mol. The van der Waals surface area contributed by atoms with Crippen LogP contribution in [0.2, 0.25) is 5.62 Å². The van der Waals surface area contributed by atoms with Crippen molar-refractivity contribution in [3.8, 4) is 0 Å². The van der Waals surface area contributed by atoms with Crippen LogP contribution in [-0.2, 0) is 33.2 Å². The van der Waals surface area contributed by atoms with Gasteiger partial charge < -0.3 is 43.4 Å². The number of ether oxygens (including phenoxy) is 7. The zero-order valence-corrected chi connectivity index (χ0v) is 17.2. The second kappa shape index (κ2) is 9.36.